The van der Waals surface area contributed by atoms with Gasteiger partial charge in [-0.3, -0.25) is 0 Å². The van der Waals surface area contributed by atoms with Crippen LogP contribution < -0.4 is 5.32 Å². The smallest absolute Gasteiger partial charge is 0.148 e. The summed E-state index contributed by atoms with van der Waals surface area (Å²) in [6, 6.07) is 8.56. The molecule has 0 fully saturated rings. The van der Waals surface area contributed by atoms with E-state index in [0.717, 1.165) is 35.9 Å². The van der Waals surface area contributed by atoms with Crippen LogP contribution in [0.25, 0.3) is 10.6 Å². The summed E-state index contributed by atoms with van der Waals surface area (Å²) in [5.74, 6) is 0.857. The van der Waals surface area contributed by atoms with Gasteiger partial charge < -0.3 is 10.2 Å². The van der Waals surface area contributed by atoms with Gasteiger partial charge in [0.05, 0.1) is 4.88 Å². The Bertz CT molecular complexity index is 520. The molecule has 0 saturated heterocycles. The van der Waals surface area contributed by atoms with Gasteiger partial charge in [-0.05, 0) is 63.0 Å². The fraction of sp³-hybridized carbons (Fsp3) is 0.529. The molecular formula is C17H26N4S. The molecule has 0 aromatic carbocycles. The van der Waals surface area contributed by atoms with Crippen LogP contribution in [0.4, 0.5) is 5.82 Å². The minimum absolute atomic E-state index is 0.414. The molecule has 0 aliphatic heterocycles. The van der Waals surface area contributed by atoms with Crippen molar-refractivity contribution in [2.24, 2.45) is 0 Å². The predicted octanol–water partition coefficient (Wildman–Crippen LogP) is 4.13. The highest BCUT2D eigenvalue weighted by atomic mass is 32.1. The zero-order valence-corrected chi connectivity index (χ0v) is 14.6. The van der Waals surface area contributed by atoms with Gasteiger partial charge in [0.1, 0.15) is 11.5 Å². The molecule has 120 valence electrons. The van der Waals surface area contributed by atoms with Crippen molar-refractivity contribution in [3.05, 3.63) is 29.6 Å². The first-order chi connectivity index (χ1) is 10.7. The molecule has 0 spiro atoms. The Morgan fingerprint density at radius 2 is 2.00 bits per heavy atom. The maximum atomic E-state index is 4.30. The standard InChI is InChI=1S/C17H26N4S/c1-4-21(5-2)12-6-8-14(3)18-17-11-10-15(19-20-17)16-9-7-13-22-16/h7,9-11,13-14H,4-6,8,12H2,1-3H3,(H,18,20). The number of anilines is 1. The van der Waals surface area contributed by atoms with Gasteiger partial charge in [-0.2, -0.15) is 0 Å². The van der Waals surface area contributed by atoms with Gasteiger partial charge in [0.25, 0.3) is 0 Å². The molecule has 1 unspecified atom stereocenters. The average Bonchev–Trinajstić information content (AvgIpc) is 3.07. The van der Waals surface area contributed by atoms with Gasteiger partial charge in [-0.1, -0.05) is 19.9 Å². The fourth-order valence-corrected chi connectivity index (χ4v) is 3.14. The van der Waals surface area contributed by atoms with Gasteiger partial charge in [-0.25, -0.2) is 0 Å². The van der Waals surface area contributed by atoms with Crippen LogP contribution in [0.3, 0.4) is 0 Å². The Morgan fingerprint density at radius 1 is 1.18 bits per heavy atom. The van der Waals surface area contributed by atoms with Gasteiger partial charge in [-0.15, -0.1) is 21.5 Å². The van der Waals surface area contributed by atoms with Crippen molar-refractivity contribution in [3.8, 4) is 10.6 Å². The average molecular weight is 318 g/mol. The SMILES string of the molecule is CCN(CC)CCCC(C)Nc1ccc(-c2cccs2)nn1. The molecule has 2 aromatic heterocycles. The zero-order valence-electron chi connectivity index (χ0n) is 13.7. The number of rotatable bonds is 9. The fourth-order valence-electron chi connectivity index (χ4n) is 2.45. The van der Waals surface area contributed by atoms with Crippen molar-refractivity contribution in [2.45, 2.75) is 39.7 Å². The molecule has 4 nitrogen and oxygen atoms in total. The third-order valence-electron chi connectivity index (χ3n) is 3.84. The molecule has 0 saturated carbocycles. The minimum atomic E-state index is 0.414. The Hall–Kier alpha value is -1.46. The second-order valence-electron chi connectivity index (χ2n) is 5.50. The van der Waals surface area contributed by atoms with Crippen LogP contribution >= 0.6 is 11.3 Å². The Morgan fingerprint density at radius 3 is 2.59 bits per heavy atom. The van der Waals surface area contributed by atoms with E-state index in [0.29, 0.717) is 6.04 Å². The summed E-state index contributed by atoms with van der Waals surface area (Å²) < 4.78 is 0. The van der Waals surface area contributed by atoms with Crippen LogP contribution in [-0.4, -0.2) is 40.8 Å². The Balaban J connectivity index is 1.78. The largest absolute Gasteiger partial charge is 0.366 e. The summed E-state index contributed by atoms with van der Waals surface area (Å²) in [5, 5.41) is 14.1. The first-order valence-corrected chi connectivity index (χ1v) is 8.97. The zero-order chi connectivity index (χ0) is 15.8. The first kappa shape index (κ1) is 16.9. The molecule has 0 aliphatic rings. The van der Waals surface area contributed by atoms with Crippen LogP contribution in [0.2, 0.25) is 0 Å². The van der Waals surface area contributed by atoms with E-state index in [-0.39, 0.29) is 0 Å². The number of hydrogen-bond donors (Lipinski definition) is 1. The highest BCUT2D eigenvalue weighted by Crippen LogP contribution is 2.22. The van der Waals surface area contributed by atoms with E-state index in [1.807, 2.05) is 18.2 Å². The summed E-state index contributed by atoms with van der Waals surface area (Å²) in [6.07, 6.45) is 2.35. The van der Waals surface area contributed by atoms with E-state index in [9.17, 15) is 0 Å². The van der Waals surface area contributed by atoms with E-state index in [2.05, 4.69) is 52.6 Å². The van der Waals surface area contributed by atoms with Gasteiger partial charge in [0.2, 0.25) is 0 Å². The molecule has 5 heteroatoms. The van der Waals surface area contributed by atoms with Crippen molar-refractivity contribution in [1.82, 2.24) is 15.1 Å². The van der Waals surface area contributed by atoms with Crippen molar-refractivity contribution in [1.29, 1.82) is 0 Å². The molecule has 1 atom stereocenters. The van der Waals surface area contributed by atoms with E-state index in [4.69, 9.17) is 0 Å². The third kappa shape index (κ3) is 5.07. The molecule has 22 heavy (non-hydrogen) atoms. The Labute approximate surface area is 137 Å². The van der Waals surface area contributed by atoms with Crippen molar-refractivity contribution in [3.63, 3.8) is 0 Å². The lowest BCUT2D eigenvalue weighted by atomic mass is 10.1. The maximum Gasteiger partial charge on any atom is 0.148 e. The van der Waals surface area contributed by atoms with E-state index < -0.39 is 0 Å². The van der Waals surface area contributed by atoms with Crippen LogP contribution in [-0.2, 0) is 0 Å². The number of thiophene rings is 1. The van der Waals surface area contributed by atoms with Crippen LogP contribution in [0.1, 0.15) is 33.6 Å². The third-order valence-corrected chi connectivity index (χ3v) is 4.73. The lowest BCUT2D eigenvalue weighted by Crippen LogP contribution is -2.25. The first-order valence-electron chi connectivity index (χ1n) is 8.09. The van der Waals surface area contributed by atoms with Crippen LogP contribution in [0.15, 0.2) is 29.6 Å². The van der Waals surface area contributed by atoms with Crippen LogP contribution in [0.5, 0.6) is 0 Å². The number of hydrogen-bond acceptors (Lipinski definition) is 5. The van der Waals surface area contributed by atoms with Gasteiger partial charge >= 0.3 is 0 Å². The highest BCUT2D eigenvalue weighted by Gasteiger charge is 2.06. The molecule has 2 aromatic rings. The number of aromatic nitrogens is 2. The quantitative estimate of drug-likeness (QED) is 0.755. The van der Waals surface area contributed by atoms with Crippen molar-refractivity contribution >= 4 is 17.2 Å². The van der Waals surface area contributed by atoms with E-state index >= 15 is 0 Å². The van der Waals surface area contributed by atoms with E-state index in [1.54, 1.807) is 11.3 Å². The Kier molecular flexibility index (Phi) is 6.80. The molecule has 1 N–H and O–H groups in total. The van der Waals surface area contributed by atoms with Crippen molar-refractivity contribution < 1.29 is 0 Å². The summed E-state index contributed by atoms with van der Waals surface area (Å²) in [4.78, 5) is 3.62. The molecule has 2 heterocycles. The topological polar surface area (TPSA) is 41.0 Å². The predicted molar refractivity (Wildman–Crippen MR) is 95.5 cm³/mol. The second kappa shape index (κ2) is 8.86. The van der Waals surface area contributed by atoms with Crippen molar-refractivity contribution in [2.75, 3.05) is 25.0 Å². The molecule has 2 rings (SSSR count). The van der Waals surface area contributed by atoms with Gasteiger partial charge in [0, 0.05) is 6.04 Å². The summed E-state index contributed by atoms with van der Waals surface area (Å²) in [5.41, 5.74) is 0.940. The van der Waals surface area contributed by atoms with E-state index in [1.165, 1.54) is 13.0 Å². The molecule has 0 bridgehead atoms. The molecule has 0 aliphatic carbocycles. The summed E-state index contributed by atoms with van der Waals surface area (Å²) >= 11 is 1.69. The lowest BCUT2D eigenvalue weighted by Gasteiger charge is -2.19. The molecule has 0 radical (unpaired) electrons. The minimum Gasteiger partial charge on any atom is -0.366 e. The molecular weight excluding hydrogens is 292 g/mol. The van der Waals surface area contributed by atoms with Gasteiger partial charge in [0.15, 0.2) is 0 Å². The summed E-state index contributed by atoms with van der Waals surface area (Å²) in [6.45, 7) is 10.1. The summed E-state index contributed by atoms with van der Waals surface area (Å²) in [7, 11) is 0. The van der Waals surface area contributed by atoms with Crippen LogP contribution in [0, 0.1) is 0 Å². The molecule has 0 amide bonds. The number of nitrogens with zero attached hydrogens (tertiary/aromatic N) is 3. The maximum absolute atomic E-state index is 4.30. The highest BCUT2D eigenvalue weighted by molar-refractivity contribution is 7.13. The normalized spacial score (nSPS) is 12.5. The lowest BCUT2D eigenvalue weighted by molar-refractivity contribution is 0.295. The monoisotopic (exact) mass is 318 g/mol. The second-order valence-corrected chi connectivity index (χ2v) is 6.44. The number of nitrogens with one attached hydrogen (secondary N) is 1.